The highest BCUT2D eigenvalue weighted by Crippen LogP contribution is 2.21. The molecule has 0 spiro atoms. The van der Waals surface area contributed by atoms with Crippen molar-refractivity contribution in [3.63, 3.8) is 0 Å². The van der Waals surface area contributed by atoms with Crippen LogP contribution in [-0.4, -0.2) is 52.6 Å². The van der Waals surface area contributed by atoms with Crippen molar-refractivity contribution in [3.05, 3.63) is 28.8 Å². The first-order valence-electron chi connectivity index (χ1n) is 7.41. The molecule has 0 unspecified atom stereocenters. The predicted octanol–water partition coefficient (Wildman–Crippen LogP) is 0.795. The first kappa shape index (κ1) is 16.4. The minimum atomic E-state index is -3.43. The zero-order chi connectivity index (χ0) is 15.5. The van der Waals surface area contributed by atoms with Crippen LogP contribution in [0.2, 0.25) is 0 Å². The summed E-state index contributed by atoms with van der Waals surface area (Å²) in [5.41, 5.74) is 2.70. The van der Waals surface area contributed by atoms with Crippen molar-refractivity contribution >= 4 is 10.0 Å². The van der Waals surface area contributed by atoms with Crippen molar-refractivity contribution in [2.45, 2.75) is 25.7 Å². The molecule has 2 N–H and O–H groups in total. The second-order valence-corrected chi connectivity index (χ2v) is 7.42. The molecule has 1 aliphatic heterocycles. The molecule has 118 valence electrons. The van der Waals surface area contributed by atoms with Crippen molar-refractivity contribution < 1.29 is 8.42 Å². The Balaban J connectivity index is 2.01. The molecule has 1 heterocycles. The van der Waals surface area contributed by atoms with Crippen LogP contribution in [0.5, 0.6) is 0 Å². The molecule has 1 aliphatic rings. The summed E-state index contributed by atoms with van der Waals surface area (Å²) in [6.07, 6.45) is 0. The highest BCUT2D eigenvalue weighted by atomic mass is 32.2. The molecular weight excluding hydrogens is 286 g/mol. The third-order valence-electron chi connectivity index (χ3n) is 3.80. The third-order valence-corrected chi connectivity index (χ3v) is 5.57. The van der Waals surface area contributed by atoms with E-state index >= 15 is 0 Å². The minimum absolute atomic E-state index is 0.424. The zero-order valence-corrected chi connectivity index (χ0v) is 13.9. The van der Waals surface area contributed by atoms with Crippen LogP contribution in [0.1, 0.15) is 16.7 Å². The van der Waals surface area contributed by atoms with Gasteiger partial charge in [0, 0.05) is 39.3 Å². The predicted molar refractivity (Wildman–Crippen MR) is 85.2 cm³/mol. The van der Waals surface area contributed by atoms with Crippen LogP contribution in [0.3, 0.4) is 0 Å². The molecule has 0 saturated carbocycles. The highest BCUT2D eigenvalue weighted by Gasteiger charge is 2.20. The lowest BCUT2D eigenvalue weighted by atomic mass is 10.1. The topological polar surface area (TPSA) is 61.4 Å². The summed E-state index contributed by atoms with van der Waals surface area (Å²) >= 11 is 0. The van der Waals surface area contributed by atoms with Gasteiger partial charge in [-0.3, -0.25) is 4.90 Å². The van der Waals surface area contributed by atoms with E-state index in [-0.39, 0.29) is 0 Å². The van der Waals surface area contributed by atoms with Gasteiger partial charge in [0.1, 0.15) is 0 Å². The fraction of sp³-hybridized carbons (Fsp3) is 0.600. The van der Waals surface area contributed by atoms with E-state index in [9.17, 15) is 8.42 Å². The molecule has 1 aromatic rings. The molecule has 1 aromatic carbocycles. The number of aryl methyl sites for hydroxylation is 3. The quantitative estimate of drug-likeness (QED) is 0.844. The fourth-order valence-electron chi connectivity index (χ4n) is 2.94. The lowest BCUT2D eigenvalue weighted by molar-refractivity contribution is 0.245. The van der Waals surface area contributed by atoms with Crippen molar-refractivity contribution in [1.82, 2.24) is 14.9 Å². The molecule has 0 radical (unpaired) electrons. The van der Waals surface area contributed by atoms with Crippen LogP contribution in [0.4, 0.5) is 0 Å². The number of hydrogen-bond acceptors (Lipinski definition) is 4. The summed E-state index contributed by atoms with van der Waals surface area (Å²) < 4.78 is 27.7. The highest BCUT2D eigenvalue weighted by molar-refractivity contribution is 7.89. The first-order valence-corrected chi connectivity index (χ1v) is 8.89. The van der Waals surface area contributed by atoms with E-state index in [0.29, 0.717) is 11.4 Å². The second-order valence-electron chi connectivity index (χ2n) is 5.72. The largest absolute Gasteiger partial charge is 0.314 e. The lowest BCUT2D eigenvalue weighted by Gasteiger charge is -2.27. The zero-order valence-electron chi connectivity index (χ0n) is 13.1. The molecule has 6 heteroatoms. The van der Waals surface area contributed by atoms with Gasteiger partial charge in [-0.2, -0.15) is 0 Å². The van der Waals surface area contributed by atoms with Gasteiger partial charge in [0.15, 0.2) is 0 Å². The van der Waals surface area contributed by atoms with E-state index in [2.05, 4.69) is 14.9 Å². The normalized spacial score (nSPS) is 17.1. The van der Waals surface area contributed by atoms with Crippen LogP contribution >= 0.6 is 0 Å². The van der Waals surface area contributed by atoms with Crippen LogP contribution in [-0.2, 0) is 10.0 Å². The van der Waals surface area contributed by atoms with Gasteiger partial charge < -0.3 is 5.32 Å². The number of benzene rings is 1. The van der Waals surface area contributed by atoms with E-state index in [4.69, 9.17) is 0 Å². The Kier molecular flexibility index (Phi) is 5.37. The van der Waals surface area contributed by atoms with Gasteiger partial charge in [-0.05, 0) is 31.9 Å². The van der Waals surface area contributed by atoms with Crippen molar-refractivity contribution in [1.29, 1.82) is 0 Å². The lowest BCUT2D eigenvalue weighted by Crippen LogP contribution is -2.46. The van der Waals surface area contributed by atoms with E-state index in [1.165, 1.54) is 0 Å². The molecule has 0 aromatic heterocycles. The Morgan fingerprint density at radius 1 is 1.14 bits per heavy atom. The number of sulfonamides is 1. The average molecular weight is 311 g/mol. The summed E-state index contributed by atoms with van der Waals surface area (Å²) in [6, 6.07) is 3.83. The van der Waals surface area contributed by atoms with Crippen LogP contribution in [0, 0.1) is 20.8 Å². The number of hydrogen-bond donors (Lipinski definition) is 2. The third kappa shape index (κ3) is 4.26. The molecule has 0 bridgehead atoms. The Morgan fingerprint density at radius 2 is 1.71 bits per heavy atom. The summed E-state index contributed by atoms with van der Waals surface area (Å²) in [5, 5.41) is 3.29. The van der Waals surface area contributed by atoms with E-state index in [0.717, 1.165) is 49.4 Å². The Labute approximate surface area is 127 Å². The van der Waals surface area contributed by atoms with Crippen molar-refractivity contribution in [2.24, 2.45) is 0 Å². The number of nitrogens with zero attached hydrogens (tertiary/aromatic N) is 1. The number of piperazine rings is 1. The number of rotatable bonds is 5. The maximum atomic E-state index is 12.5. The van der Waals surface area contributed by atoms with E-state index in [1.54, 1.807) is 0 Å². The van der Waals surface area contributed by atoms with Gasteiger partial charge in [0.25, 0.3) is 0 Å². The van der Waals surface area contributed by atoms with Gasteiger partial charge >= 0.3 is 0 Å². The first-order chi connectivity index (χ1) is 9.90. The maximum Gasteiger partial charge on any atom is 0.241 e. The maximum absolute atomic E-state index is 12.5. The van der Waals surface area contributed by atoms with E-state index < -0.39 is 10.0 Å². The summed E-state index contributed by atoms with van der Waals surface area (Å²) in [6.45, 7) is 10.8. The summed E-state index contributed by atoms with van der Waals surface area (Å²) in [7, 11) is -3.43. The SMILES string of the molecule is Cc1cc(C)c(S(=O)(=O)NCCN2CCNCC2)c(C)c1. The molecule has 0 atom stereocenters. The molecule has 1 saturated heterocycles. The van der Waals surface area contributed by atoms with Gasteiger partial charge in [-0.25, -0.2) is 13.1 Å². The van der Waals surface area contributed by atoms with Crippen molar-refractivity contribution in [2.75, 3.05) is 39.3 Å². The molecule has 0 amide bonds. The Bertz CT molecular complexity index is 570. The van der Waals surface area contributed by atoms with Crippen LogP contribution in [0.25, 0.3) is 0 Å². The van der Waals surface area contributed by atoms with Gasteiger partial charge in [0.2, 0.25) is 10.0 Å². The van der Waals surface area contributed by atoms with Crippen LogP contribution in [0.15, 0.2) is 17.0 Å². The standard InChI is InChI=1S/C15H25N3O2S/c1-12-10-13(2)15(14(3)11-12)21(19,20)17-6-9-18-7-4-16-5-8-18/h10-11,16-17H,4-9H2,1-3H3. The van der Waals surface area contributed by atoms with E-state index in [1.807, 2.05) is 32.9 Å². The summed E-state index contributed by atoms with van der Waals surface area (Å²) in [4.78, 5) is 2.70. The molecule has 21 heavy (non-hydrogen) atoms. The van der Waals surface area contributed by atoms with Gasteiger partial charge in [0.05, 0.1) is 4.90 Å². The monoisotopic (exact) mass is 311 g/mol. The second kappa shape index (κ2) is 6.87. The van der Waals surface area contributed by atoms with Crippen molar-refractivity contribution in [3.8, 4) is 0 Å². The molecule has 5 nitrogen and oxygen atoms in total. The molecule has 2 rings (SSSR count). The Morgan fingerprint density at radius 3 is 2.29 bits per heavy atom. The molecule has 1 fully saturated rings. The molecule has 0 aliphatic carbocycles. The Hall–Kier alpha value is -0.950. The smallest absolute Gasteiger partial charge is 0.241 e. The summed E-state index contributed by atoms with van der Waals surface area (Å²) in [5.74, 6) is 0. The van der Waals surface area contributed by atoms with Gasteiger partial charge in [-0.1, -0.05) is 17.7 Å². The fourth-order valence-corrected chi connectivity index (χ4v) is 4.41. The molecular formula is C15H25N3O2S. The average Bonchev–Trinajstić information content (AvgIpc) is 2.38. The van der Waals surface area contributed by atoms with Gasteiger partial charge in [-0.15, -0.1) is 0 Å². The minimum Gasteiger partial charge on any atom is -0.314 e. The number of nitrogens with one attached hydrogen (secondary N) is 2. The van der Waals surface area contributed by atoms with Crippen LogP contribution < -0.4 is 10.0 Å².